The molecule has 2 heterocycles. The molecule has 1 N–H and O–H groups in total. The Kier molecular flexibility index (Phi) is 5.61. The van der Waals surface area contributed by atoms with Gasteiger partial charge in [-0.3, -0.25) is 9.48 Å². The highest BCUT2D eigenvalue weighted by Crippen LogP contribution is 2.21. The van der Waals surface area contributed by atoms with Crippen LogP contribution in [0, 0.1) is 19.8 Å². The van der Waals surface area contributed by atoms with Gasteiger partial charge in [-0.15, -0.1) is 0 Å². The van der Waals surface area contributed by atoms with Crippen LogP contribution in [0.4, 0.5) is 5.82 Å². The van der Waals surface area contributed by atoms with E-state index in [4.69, 9.17) is 20.9 Å². The highest BCUT2D eigenvalue weighted by Gasteiger charge is 2.22. The van der Waals surface area contributed by atoms with Crippen molar-refractivity contribution in [2.24, 2.45) is 5.92 Å². The molecule has 0 aliphatic carbocycles. The minimum Gasteiger partial charge on any atom is -0.452 e. The number of rotatable bonds is 6. The SMILES string of the molecule is Cc1cc(NC(=O)COC(=O)c2c(C)nn(CC(C)C)c2Cl)no1. The molecule has 2 aromatic heterocycles. The lowest BCUT2D eigenvalue weighted by molar-refractivity contribution is -0.119. The van der Waals surface area contributed by atoms with Gasteiger partial charge in [0.1, 0.15) is 16.5 Å². The van der Waals surface area contributed by atoms with Gasteiger partial charge in [0, 0.05) is 12.6 Å². The van der Waals surface area contributed by atoms with Crippen molar-refractivity contribution in [3.05, 3.63) is 28.2 Å². The van der Waals surface area contributed by atoms with Crippen molar-refractivity contribution in [1.82, 2.24) is 14.9 Å². The van der Waals surface area contributed by atoms with E-state index >= 15 is 0 Å². The summed E-state index contributed by atoms with van der Waals surface area (Å²) in [7, 11) is 0. The Morgan fingerprint density at radius 3 is 2.71 bits per heavy atom. The number of halogens is 1. The van der Waals surface area contributed by atoms with Crippen LogP contribution in [0.5, 0.6) is 0 Å². The summed E-state index contributed by atoms with van der Waals surface area (Å²) in [4.78, 5) is 23.9. The molecule has 0 bridgehead atoms. The third-order valence-corrected chi connectivity index (χ3v) is 3.42. The summed E-state index contributed by atoms with van der Waals surface area (Å²) in [5, 5.41) is 10.5. The predicted octanol–water partition coefficient (Wildman–Crippen LogP) is 2.59. The van der Waals surface area contributed by atoms with Crippen molar-refractivity contribution >= 4 is 29.3 Å². The normalized spacial score (nSPS) is 10.9. The smallest absolute Gasteiger partial charge is 0.343 e. The summed E-state index contributed by atoms with van der Waals surface area (Å²) < 4.78 is 11.4. The first-order valence-electron chi connectivity index (χ1n) is 7.41. The molecule has 0 spiro atoms. The molecule has 0 aliphatic rings. The average molecular weight is 355 g/mol. The zero-order valence-electron chi connectivity index (χ0n) is 13.9. The predicted molar refractivity (Wildman–Crippen MR) is 87.0 cm³/mol. The molecule has 2 rings (SSSR count). The molecule has 24 heavy (non-hydrogen) atoms. The van der Waals surface area contributed by atoms with E-state index in [9.17, 15) is 9.59 Å². The average Bonchev–Trinajstić information content (AvgIpc) is 3.00. The topological polar surface area (TPSA) is 99.2 Å². The molecule has 9 heteroatoms. The Hall–Kier alpha value is -2.35. The van der Waals surface area contributed by atoms with Gasteiger partial charge in [0.2, 0.25) is 0 Å². The summed E-state index contributed by atoms with van der Waals surface area (Å²) in [6.07, 6.45) is 0. The number of ether oxygens (including phenoxy) is 1. The molecule has 8 nitrogen and oxygen atoms in total. The summed E-state index contributed by atoms with van der Waals surface area (Å²) in [6, 6.07) is 1.55. The Bertz CT molecular complexity index is 751. The Morgan fingerprint density at radius 1 is 1.42 bits per heavy atom. The molecular formula is C15H19ClN4O4. The van der Waals surface area contributed by atoms with Crippen molar-refractivity contribution in [3.63, 3.8) is 0 Å². The van der Waals surface area contributed by atoms with E-state index in [1.807, 2.05) is 13.8 Å². The van der Waals surface area contributed by atoms with Crippen molar-refractivity contribution in [2.75, 3.05) is 11.9 Å². The van der Waals surface area contributed by atoms with Crippen molar-refractivity contribution in [3.8, 4) is 0 Å². The summed E-state index contributed by atoms with van der Waals surface area (Å²) in [5.74, 6) is -0.0869. The van der Waals surface area contributed by atoms with Crippen LogP contribution in [0.1, 0.15) is 35.7 Å². The number of nitrogens with zero attached hydrogens (tertiary/aromatic N) is 3. The Labute approximate surface area is 144 Å². The van der Waals surface area contributed by atoms with E-state index < -0.39 is 18.5 Å². The molecule has 0 unspecified atom stereocenters. The first-order chi connectivity index (χ1) is 11.3. The molecule has 0 saturated carbocycles. The first-order valence-corrected chi connectivity index (χ1v) is 7.79. The lowest BCUT2D eigenvalue weighted by Crippen LogP contribution is -2.21. The van der Waals surface area contributed by atoms with Crippen LogP contribution in [-0.4, -0.2) is 33.4 Å². The third kappa shape index (κ3) is 4.35. The maximum atomic E-state index is 12.2. The monoisotopic (exact) mass is 354 g/mol. The van der Waals surface area contributed by atoms with Gasteiger partial charge in [0.05, 0.1) is 5.69 Å². The first kappa shape index (κ1) is 18.0. The number of aromatic nitrogens is 3. The summed E-state index contributed by atoms with van der Waals surface area (Å²) in [5.41, 5.74) is 0.626. The fraction of sp³-hybridized carbons (Fsp3) is 0.467. The van der Waals surface area contributed by atoms with Crippen LogP contribution in [0.2, 0.25) is 5.15 Å². The third-order valence-electron chi connectivity index (χ3n) is 3.04. The van der Waals surface area contributed by atoms with Gasteiger partial charge >= 0.3 is 5.97 Å². The maximum Gasteiger partial charge on any atom is 0.343 e. The van der Waals surface area contributed by atoms with E-state index in [0.717, 1.165) is 0 Å². The molecule has 0 saturated heterocycles. The zero-order valence-corrected chi connectivity index (χ0v) is 14.7. The lowest BCUT2D eigenvalue weighted by Gasteiger charge is -2.06. The molecule has 0 radical (unpaired) electrons. The molecule has 0 aliphatic heterocycles. The van der Waals surface area contributed by atoms with Crippen LogP contribution >= 0.6 is 11.6 Å². The van der Waals surface area contributed by atoms with Crippen molar-refractivity contribution in [1.29, 1.82) is 0 Å². The van der Waals surface area contributed by atoms with Gasteiger partial charge in [0.25, 0.3) is 5.91 Å². The highest BCUT2D eigenvalue weighted by molar-refractivity contribution is 6.32. The lowest BCUT2D eigenvalue weighted by atomic mass is 10.2. The number of carbonyl (C=O) groups is 2. The van der Waals surface area contributed by atoms with Crippen molar-refractivity contribution < 1.29 is 18.8 Å². The van der Waals surface area contributed by atoms with Crippen LogP contribution < -0.4 is 5.32 Å². The second kappa shape index (κ2) is 7.48. The van der Waals surface area contributed by atoms with Crippen LogP contribution in [0.3, 0.4) is 0 Å². The molecule has 0 fully saturated rings. The van der Waals surface area contributed by atoms with Gasteiger partial charge in [-0.1, -0.05) is 30.6 Å². The largest absolute Gasteiger partial charge is 0.452 e. The quantitative estimate of drug-likeness (QED) is 0.800. The number of hydrogen-bond donors (Lipinski definition) is 1. The molecule has 130 valence electrons. The number of carbonyl (C=O) groups excluding carboxylic acids is 2. The van der Waals surface area contributed by atoms with E-state index in [1.165, 1.54) is 0 Å². The number of amides is 1. The van der Waals surface area contributed by atoms with Gasteiger partial charge in [-0.2, -0.15) is 5.10 Å². The molecule has 0 aromatic carbocycles. The summed E-state index contributed by atoms with van der Waals surface area (Å²) >= 11 is 6.19. The van der Waals surface area contributed by atoms with Gasteiger partial charge in [-0.25, -0.2) is 4.79 Å². The number of aryl methyl sites for hydroxylation is 2. The van der Waals surface area contributed by atoms with E-state index in [-0.39, 0.29) is 16.5 Å². The minimum atomic E-state index is -0.695. The molecule has 0 atom stereocenters. The fourth-order valence-electron chi connectivity index (χ4n) is 2.06. The number of anilines is 1. The summed E-state index contributed by atoms with van der Waals surface area (Å²) in [6.45, 7) is 7.51. The van der Waals surface area contributed by atoms with Gasteiger partial charge in [0.15, 0.2) is 12.4 Å². The number of nitrogens with one attached hydrogen (secondary N) is 1. The zero-order chi connectivity index (χ0) is 17.9. The maximum absolute atomic E-state index is 12.2. The fourth-order valence-corrected chi connectivity index (χ4v) is 2.38. The van der Waals surface area contributed by atoms with Crippen LogP contribution in [0.25, 0.3) is 0 Å². The van der Waals surface area contributed by atoms with E-state index in [2.05, 4.69) is 15.6 Å². The highest BCUT2D eigenvalue weighted by atomic mass is 35.5. The number of esters is 1. The Morgan fingerprint density at radius 2 is 2.12 bits per heavy atom. The minimum absolute atomic E-state index is 0.169. The number of hydrogen-bond acceptors (Lipinski definition) is 6. The van der Waals surface area contributed by atoms with Gasteiger partial charge < -0.3 is 14.6 Å². The van der Waals surface area contributed by atoms with Crippen molar-refractivity contribution in [2.45, 2.75) is 34.2 Å². The van der Waals surface area contributed by atoms with Crippen LogP contribution in [-0.2, 0) is 16.1 Å². The Balaban J connectivity index is 1.97. The molecule has 2 aromatic rings. The second-order valence-electron chi connectivity index (χ2n) is 5.77. The van der Waals surface area contributed by atoms with E-state index in [0.29, 0.717) is 23.9 Å². The standard InChI is InChI=1S/C15H19ClN4O4/c1-8(2)6-20-14(16)13(10(4)18-20)15(22)23-7-12(21)17-11-5-9(3)24-19-11/h5,8H,6-7H2,1-4H3,(H,17,19,21). The second-order valence-corrected chi connectivity index (χ2v) is 6.13. The molecular weight excluding hydrogens is 336 g/mol. The van der Waals surface area contributed by atoms with Gasteiger partial charge in [-0.05, 0) is 19.8 Å². The van der Waals surface area contributed by atoms with Crippen LogP contribution in [0.15, 0.2) is 10.6 Å². The molecule has 1 amide bonds. The van der Waals surface area contributed by atoms with E-state index in [1.54, 1.807) is 24.6 Å².